The first-order valence-electron chi connectivity index (χ1n) is 9.67. The van der Waals surface area contributed by atoms with Gasteiger partial charge in [0.05, 0.1) is 19.3 Å². The van der Waals surface area contributed by atoms with Crippen molar-refractivity contribution in [3.63, 3.8) is 0 Å². The van der Waals surface area contributed by atoms with Crippen LogP contribution in [0.3, 0.4) is 0 Å². The van der Waals surface area contributed by atoms with Gasteiger partial charge >= 0.3 is 0 Å². The summed E-state index contributed by atoms with van der Waals surface area (Å²) in [6, 6.07) is 7.72. The molecule has 0 saturated carbocycles. The predicted octanol–water partition coefficient (Wildman–Crippen LogP) is 3.32. The van der Waals surface area contributed by atoms with E-state index in [0.717, 1.165) is 63.4 Å². The van der Waals surface area contributed by atoms with Gasteiger partial charge in [0.1, 0.15) is 12.4 Å². The van der Waals surface area contributed by atoms with E-state index in [-0.39, 0.29) is 11.9 Å². The number of nitrogens with zero attached hydrogens (tertiary/aromatic N) is 1. The Hall–Kier alpha value is -1.85. The second-order valence-corrected chi connectivity index (χ2v) is 6.61. The van der Waals surface area contributed by atoms with Crippen molar-refractivity contribution in [1.29, 1.82) is 0 Å². The third-order valence-corrected chi connectivity index (χ3v) is 4.58. The number of carbonyl (C=O) groups excluding carboxylic acids is 1. The molecule has 1 saturated heterocycles. The van der Waals surface area contributed by atoms with Crippen molar-refractivity contribution in [2.24, 2.45) is 0 Å². The third-order valence-electron chi connectivity index (χ3n) is 4.58. The average Bonchev–Trinajstić information content (AvgIpc) is 2.68. The maximum Gasteiger partial charge on any atom is 0.220 e. The van der Waals surface area contributed by atoms with Gasteiger partial charge in [-0.05, 0) is 24.1 Å². The van der Waals surface area contributed by atoms with Gasteiger partial charge in [-0.3, -0.25) is 9.69 Å². The Morgan fingerprint density at radius 1 is 1.31 bits per heavy atom. The van der Waals surface area contributed by atoms with E-state index in [1.807, 2.05) is 24.3 Å². The first-order chi connectivity index (χ1) is 12.7. The van der Waals surface area contributed by atoms with Crippen molar-refractivity contribution < 1.29 is 14.3 Å². The Kier molecular flexibility index (Phi) is 9.21. The van der Waals surface area contributed by atoms with E-state index in [9.17, 15) is 4.79 Å². The second-order valence-electron chi connectivity index (χ2n) is 6.61. The highest BCUT2D eigenvalue weighted by Gasteiger charge is 2.12. The largest absolute Gasteiger partial charge is 0.492 e. The monoisotopic (exact) mass is 360 g/mol. The molecule has 5 heteroatoms. The van der Waals surface area contributed by atoms with E-state index in [4.69, 9.17) is 9.47 Å². The fraction of sp³-hybridized carbons (Fsp3) is 0.571. The lowest BCUT2D eigenvalue weighted by atomic mass is 10.1. The van der Waals surface area contributed by atoms with Crippen LogP contribution in [0.25, 0.3) is 0 Å². The number of benzene rings is 1. The van der Waals surface area contributed by atoms with Gasteiger partial charge in [0.25, 0.3) is 0 Å². The molecule has 0 spiro atoms. The third kappa shape index (κ3) is 7.18. The number of ether oxygens (including phenoxy) is 2. The van der Waals surface area contributed by atoms with E-state index >= 15 is 0 Å². The number of carbonyl (C=O) groups is 1. The number of rotatable bonds is 11. The summed E-state index contributed by atoms with van der Waals surface area (Å²) in [5.41, 5.74) is 1.02. The van der Waals surface area contributed by atoms with Crippen LogP contribution in [0.5, 0.6) is 5.75 Å². The minimum Gasteiger partial charge on any atom is -0.492 e. The Morgan fingerprint density at radius 2 is 2.04 bits per heavy atom. The lowest BCUT2D eigenvalue weighted by Crippen LogP contribution is -2.38. The van der Waals surface area contributed by atoms with Crippen LogP contribution >= 0.6 is 0 Å². The fourth-order valence-corrected chi connectivity index (χ4v) is 2.95. The quantitative estimate of drug-likeness (QED) is 0.486. The van der Waals surface area contributed by atoms with Gasteiger partial charge in [-0.2, -0.15) is 0 Å². The zero-order valence-electron chi connectivity index (χ0n) is 15.9. The molecule has 0 aromatic heterocycles. The van der Waals surface area contributed by atoms with Crippen LogP contribution in [-0.4, -0.2) is 50.3 Å². The van der Waals surface area contributed by atoms with E-state index < -0.39 is 0 Å². The molecular formula is C21H32N2O3. The summed E-state index contributed by atoms with van der Waals surface area (Å²) in [6.45, 7) is 11.1. The van der Waals surface area contributed by atoms with Crippen molar-refractivity contribution in [2.45, 2.75) is 38.6 Å². The van der Waals surface area contributed by atoms with E-state index in [1.165, 1.54) is 0 Å². The number of hydrogen-bond acceptors (Lipinski definition) is 4. The van der Waals surface area contributed by atoms with Gasteiger partial charge in [-0.15, -0.1) is 6.58 Å². The van der Waals surface area contributed by atoms with Gasteiger partial charge in [0.15, 0.2) is 0 Å². The van der Waals surface area contributed by atoms with Crippen molar-refractivity contribution in [1.82, 2.24) is 10.2 Å². The Bertz CT molecular complexity index is 539. The summed E-state index contributed by atoms with van der Waals surface area (Å²) in [5.74, 6) is 0.924. The molecule has 0 radical (unpaired) electrons. The molecule has 1 atom stereocenters. The van der Waals surface area contributed by atoms with Crippen LogP contribution in [0.1, 0.15) is 44.2 Å². The number of unbranched alkanes of at least 4 members (excludes halogenated alkanes) is 2. The first-order valence-corrected chi connectivity index (χ1v) is 9.67. The molecule has 1 aromatic carbocycles. The number of morpholine rings is 1. The summed E-state index contributed by atoms with van der Waals surface area (Å²) >= 11 is 0. The summed E-state index contributed by atoms with van der Waals surface area (Å²) in [5, 5.41) is 3.03. The lowest BCUT2D eigenvalue weighted by Gasteiger charge is -2.26. The SMILES string of the molecule is C=CC(NC(=O)CCCCC)c1ccc(OCCN2CCOCC2)cc1. The summed E-state index contributed by atoms with van der Waals surface area (Å²) in [4.78, 5) is 14.4. The maximum absolute atomic E-state index is 12.0. The maximum atomic E-state index is 12.0. The molecule has 1 amide bonds. The van der Waals surface area contributed by atoms with Crippen LogP contribution in [0.15, 0.2) is 36.9 Å². The molecule has 1 aliphatic rings. The number of amides is 1. The standard InChI is InChI=1S/C21H32N2O3/c1-3-5-6-7-21(24)22-20(4-2)18-8-10-19(11-9-18)26-17-14-23-12-15-25-16-13-23/h4,8-11,20H,2-3,5-7,12-17H2,1H3,(H,22,24). The molecule has 1 aliphatic heterocycles. The Balaban J connectivity index is 1.76. The van der Waals surface area contributed by atoms with E-state index in [2.05, 4.69) is 23.7 Å². The van der Waals surface area contributed by atoms with Crippen LogP contribution < -0.4 is 10.1 Å². The van der Waals surface area contributed by atoms with Crippen LogP contribution in [0.2, 0.25) is 0 Å². The van der Waals surface area contributed by atoms with Gasteiger partial charge < -0.3 is 14.8 Å². The van der Waals surface area contributed by atoms with Gasteiger partial charge in [-0.25, -0.2) is 0 Å². The lowest BCUT2D eigenvalue weighted by molar-refractivity contribution is -0.121. The van der Waals surface area contributed by atoms with Crippen molar-refractivity contribution >= 4 is 5.91 Å². The normalized spacial score (nSPS) is 16.0. The highest BCUT2D eigenvalue weighted by molar-refractivity contribution is 5.76. The molecular weight excluding hydrogens is 328 g/mol. The minimum absolute atomic E-state index is 0.0780. The molecule has 26 heavy (non-hydrogen) atoms. The molecule has 0 aliphatic carbocycles. The molecule has 2 rings (SSSR count). The zero-order valence-corrected chi connectivity index (χ0v) is 15.9. The molecule has 0 bridgehead atoms. The number of hydrogen-bond donors (Lipinski definition) is 1. The second kappa shape index (κ2) is 11.7. The summed E-state index contributed by atoms with van der Waals surface area (Å²) < 4.78 is 11.2. The van der Waals surface area contributed by atoms with E-state index in [0.29, 0.717) is 13.0 Å². The molecule has 1 N–H and O–H groups in total. The van der Waals surface area contributed by atoms with Gasteiger partial charge in [0.2, 0.25) is 5.91 Å². The predicted molar refractivity (Wildman–Crippen MR) is 104 cm³/mol. The Morgan fingerprint density at radius 3 is 2.69 bits per heavy atom. The first kappa shape index (κ1) is 20.5. The Labute approximate surface area is 157 Å². The average molecular weight is 360 g/mol. The topological polar surface area (TPSA) is 50.8 Å². The highest BCUT2D eigenvalue weighted by Crippen LogP contribution is 2.19. The fourth-order valence-electron chi connectivity index (χ4n) is 2.95. The molecule has 1 aromatic rings. The molecule has 144 valence electrons. The molecule has 1 unspecified atom stereocenters. The van der Waals surface area contributed by atoms with Crippen LogP contribution in [0, 0.1) is 0 Å². The molecule has 1 fully saturated rings. The highest BCUT2D eigenvalue weighted by atomic mass is 16.5. The van der Waals surface area contributed by atoms with Crippen molar-refractivity contribution in [2.75, 3.05) is 39.5 Å². The van der Waals surface area contributed by atoms with Gasteiger partial charge in [0, 0.05) is 26.1 Å². The number of nitrogens with one attached hydrogen (secondary N) is 1. The molecule has 5 nitrogen and oxygen atoms in total. The zero-order chi connectivity index (χ0) is 18.6. The van der Waals surface area contributed by atoms with Gasteiger partial charge in [-0.1, -0.05) is 38.0 Å². The van der Waals surface area contributed by atoms with Crippen LogP contribution in [-0.2, 0) is 9.53 Å². The summed E-state index contributed by atoms with van der Waals surface area (Å²) in [6.07, 6.45) is 5.48. The van der Waals surface area contributed by atoms with Crippen molar-refractivity contribution in [3.8, 4) is 5.75 Å². The van der Waals surface area contributed by atoms with Crippen molar-refractivity contribution in [3.05, 3.63) is 42.5 Å². The smallest absolute Gasteiger partial charge is 0.220 e. The van der Waals surface area contributed by atoms with Crippen LogP contribution in [0.4, 0.5) is 0 Å². The molecule has 1 heterocycles. The van der Waals surface area contributed by atoms with E-state index in [1.54, 1.807) is 6.08 Å². The summed E-state index contributed by atoms with van der Waals surface area (Å²) in [7, 11) is 0. The minimum atomic E-state index is -0.161.